The summed E-state index contributed by atoms with van der Waals surface area (Å²) < 4.78 is 7.25. The number of ketones is 1. The van der Waals surface area contributed by atoms with E-state index in [0.29, 0.717) is 23.1 Å². The first-order valence-electron chi connectivity index (χ1n) is 10.2. The fourth-order valence-electron chi connectivity index (χ4n) is 3.95. The van der Waals surface area contributed by atoms with E-state index in [9.17, 15) is 14.4 Å². The fourth-order valence-corrected chi connectivity index (χ4v) is 3.95. The van der Waals surface area contributed by atoms with Gasteiger partial charge < -0.3 is 15.0 Å². The van der Waals surface area contributed by atoms with Gasteiger partial charge in [0.25, 0.3) is 11.7 Å². The normalized spacial score (nSPS) is 10.8. The van der Waals surface area contributed by atoms with Crippen LogP contribution in [0.15, 0.2) is 72.8 Å². The summed E-state index contributed by atoms with van der Waals surface area (Å²) in [6, 6.07) is 23.4. The largest absolute Gasteiger partial charge is 0.426 e. The van der Waals surface area contributed by atoms with Crippen molar-refractivity contribution in [1.29, 1.82) is 0 Å². The van der Waals surface area contributed by atoms with Crippen molar-refractivity contribution in [3.8, 4) is 16.9 Å². The van der Waals surface area contributed by atoms with E-state index in [4.69, 9.17) is 10.5 Å². The zero-order valence-corrected chi connectivity index (χ0v) is 17.8. The molecule has 160 valence electrons. The molecule has 1 heterocycles. The van der Waals surface area contributed by atoms with Gasteiger partial charge in [0.2, 0.25) is 0 Å². The maximum atomic E-state index is 12.7. The van der Waals surface area contributed by atoms with E-state index in [2.05, 4.69) is 12.1 Å². The zero-order chi connectivity index (χ0) is 22.8. The summed E-state index contributed by atoms with van der Waals surface area (Å²) >= 11 is 0. The highest BCUT2D eigenvalue weighted by molar-refractivity contribution is 6.45. The Morgan fingerprint density at radius 2 is 1.53 bits per heavy atom. The van der Waals surface area contributed by atoms with Gasteiger partial charge in [-0.1, -0.05) is 60.7 Å². The highest BCUT2D eigenvalue weighted by atomic mass is 16.5. The van der Waals surface area contributed by atoms with Crippen LogP contribution in [0.5, 0.6) is 5.75 Å². The molecule has 6 heteroatoms. The summed E-state index contributed by atoms with van der Waals surface area (Å²) in [7, 11) is 0. The number of benzene rings is 3. The number of hydrogen-bond donors (Lipinski definition) is 1. The van der Waals surface area contributed by atoms with E-state index in [1.165, 1.54) is 6.92 Å². The summed E-state index contributed by atoms with van der Waals surface area (Å²) in [5, 5.41) is 0.407. The quantitative estimate of drug-likeness (QED) is 0.216. The number of ether oxygens (including phenoxy) is 1. The number of nitrogens with zero attached hydrogens (tertiary/aromatic N) is 1. The smallest absolute Gasteiger partial charge is 0.308 e. The number of hydrogen-bond acceptors (Lipinski definition) is 4. The predicted molar refractivity (Wildman–Crippen MR) is 122 cm³/mol. The minimum atomic E-state index is -1.06. The van der Waals surface area contributed by atoms with E-state index in [-0.39, 0.29) is 11.3 Å². The summed E-state index contributed by atoms with van der Waals surface area (Å²) in [6.07, 6.45) is 0. The molecule has 0 aliphatic carbocycles. The molecule has 0 unspecified atom stereocenters. The minimum absolute atomic E-state index is 0.158. The summed E-state index contributed by atoms with van der Waals surface area (Å²) in [6.45, 7) is 3.51. The van der Waals surface area contributed by atoms with Gasteiger partial charge >= 0.3 is 5.97 Å². The minimum Gasteiger partial charge on any atom is -0.426 e. The number of rotatable bonds is 6. The van der Waals surface area contributed by atoms with Crippen LogP contribution >= 0.6 is 0 Å². The van der Waals surface area contributed by atoms with Crippen LogP contribution in [0.4, 0.5) is 0 Å². The molecule has 0 aliphatic rings. The molecule has 0 atom stereocenters. The number of amides is 1. The number of aromatic nitrogens is 1. The Kier molecular flexibility index (Phi) is 5.60. The van der Waals surface area contributed by atoms with E-state index in [1.807, 2.05) is 53.1 Å². The van der Waals surface area contributed by atoms with E-state index >= 15 is 0 Å². The molecule has 4 rings (SSSR count). The second-order valence-electron chi connectivity index (χ2n) is 7.55. The molecule has 0 radical (unpaired) electrons. The molecule has 0 fully saturated rings. The molecule has 0 saturated heterocycles. The number of nitrogens with two attached hydrogens (primary N) is 1. The molecule has 4 aromatic rings. The molecule has 0 saturated carbocycles. The van der Waals surface area contributed by atoms with Gasteiger partial charge in [0, 0.05) is 19.2 Å². The number of fused-ring (bicyclic) bond motifs is 1. The van der Waals surface area contributed by atoms with Crippen LogP contribution in [0, 0.1) is 6.92 Å². The first kappa shape index (κ1) is 21.1. The molecular weight excluding hydrogens is 404 g/mol. The van der Waals surface area contributed by atoms with Crippen molar-refractivity contribution in [3.63, 3.8) is 0 Å². The Morgan fingerprint density at radius 3 is 2.16 bits per heavy atom. The number of Topliss-reactive ketones (excluding diaryl/α,β-unsaturated/α-hetero) is 1. The van der Waals surface area contributed by atoms with Gasteiger partial charge in [-0.3, -0.25) is 14.4 Å². The van der Waals surface area contributed by atoms with Crippen molar-refractivity contribution in [2.24, 2.45) is 5.73 Å². The van der Waals surface area contributed by atoms with Crippen molar-refractivity contribution < 1.29 is 19.1 Å². The molecule has 6 nitrogen and oxygen atoms in total. The maximum Gasteiger partial charge on any atom is 0.308 e. The molecular formula is C26H22N2O4. The van der Waals surface area contributed by atoms with Crippen LogP contribution in [0.1, 0.15) is 28.5 Å². The average Bonchev–Trinajstić information content (AvgIpc) is 3.06. The second-order valence-corrected chi connectivity index (χ2v) is 7.55. The van der Waals surface area contributed by atoms with Crippen molar-refractivity contribution in [1.82, 2.24) is 4.57 Å². The van der Waals surface area contributed by atoms with Crippen LogP contribution in [-0.4, -0.2) is 22.2 Å². The maximum absolute atomic E-state index is 12.7. The third-order valence-electron chi connectivity index (χ3n) is 5.42. The van der Waals surface area contributed by atoms with Gasteiger partial charge in [0.1, 0.15) is 5.75 Å². The highest BCUT2D eigenvalue weighted by Gasteiger charge is 2.26. The van der Waals surface area contributed by atoms with Gasteiger partial charge in [-0.2, -0.15) is 0 Å². The Bertz CT molecular complexity index is 1340. The lowest BCUT2D eigenvalue weighted by molar-refractivity contribution is -0.131. The van der Waals surface area contributed by atoms with Crippen molar-refractivity contribution in [3.05, 3.63) is 89.6 Å². The van der Waals surface area contributed by atoms with Crippen LogP contribution in [0.25, 0.3) is 22.0 Å². The van der Waals surface area contributed by atoms with Gasteiger partial charge in [0.15, 0.2) is 0 Å². The molecule has 32 heavy (non-hydrogen) atoms. The monoisotopic (exact) mass is 426 g/mol. The molecule has 2 N–H and O–H groups in total. The van der Waals surface area contributed by atoms with E-state index in [1.54, 1.807) is 19.1 Å². The third-order valence-corrected chi connectivity index (χ3v) is 5.42. The first-order valence-corrected chi connectivity index (χ1v) is 10.2. The molecule has 0 aliphatic heterocycles. The van der Waals surface area contributed by atoms with Crippen LogP contribution in [-0.2, 0) is 16.1 Å². The van der Waals surface area contributed by atoms with Crippen molar-refractivity contribution in [2.75, 3.05) is 0 Å². The Hall–Kier alpha value is -4.19. The van der Waals surface area contributed by atoms with Gasteiger partial charge in [0.05, 0.1) is 16.5 Å². The molecule has 1 aromatic heterocycles. The second kappa shape index (κ2) is 8.51. The summed E-state index contributed by atoms with van der Waals surface area (Å²) in [4.78, 5) is 36.0. The van der Waals surface area contributed by atoms with Crippen molar-refractivity contribution >= 4 is 28.6 Å². The predicted octanol–water partition coefficient (Wildman–Crippen LogP) is 4.26. The van der Waals surface area contributed by atoms with Gasteiger partial charge in [-0.05, 0) is 35.7 Å². The fraction of sp³-hybridized carbons (Fsp3) is 0.115. The number of esters is 1. The van der Waals surface area contributed by atoms with Crippen LogP contribution in [0.3, 0.4) is 0 Å². The topological polar surface area (TPSA) is 91.4 Å². The summed E-state index contributed by atoms with van der Waals surface area (Å²) in [5.41, 5.74) is 9.97. The number of carbonyl (C=O) groups excluding carboxylic acids is 3. The Labute approximate surface area is 185 Å². The van der Waals surface area contributed by atoms with E-state index < -0.39 is 17.7 Å². The number of carbonyl (C=O) groups is 3. The molecule has 3 aromatic carbocycles. The molecule has 1 amide bonds. The van der Waals surface area contributed by atoms with E-state index in [0.717, 1.165) is 16.7 Å². The molecule has 0 spiro atoms. The Balaban J connectivity index is 1.81. The van der Waals surface area contributed by atoms with Crippen LogP contribution in [0.2, 0.25) is 0 Å². The lowest BCUT2D eigenvalue weighted by Crippen LogP contribution is -2.24. The summed E-state index contributed by atoms with van der Waals surface area (Å²) in [5.74, 6) is -2.17. The highest BCUT2D eigenvalue weighted by Crippen LogP contribution is 2.35. The average molecular weight is 426 g/mol. The third kappa shape index (κ3) is 3.90. The standard InChI is InChI=1S/C26H22N2O4/c1-16-23(25(30)26(27)31)24-21(9-6-10-22(24)32-17(2)29)28(16)15-18-11-13-20(14-12-18)19-7-4-3-5-8-19/h3-14H,15H2,1-2H3,(H2,27,31). The lowest BCUT2D eigenvalue weighted by atomic mass is 10.0. The first-order chi connectivity index (χ1) is 15.4. The number of primary amides is 1. The van der Waals surface area contributed by atoms with Crippen LogP contribution < -0.4 is 10.5 Å². The Morgan fingerprint density at radius 1 is 0.875 bits per heavy atom. The molecule has 0 bridgehead atoms. The van der Waals surface area contributed by atoms with Gasteiger partial charge in [-0.15, -0.1) is 0 Å². The zero-order valence-electron chi connectivity index (χ0n) is 17.8. The van der Waals surface area contributed by atoms with Crippen molar-refractivity contribution in [2.45, 2.75) is 20.4 Å². The van der Waals surface area contributed by atoms with Gasteiger partial charge in [-0.25, -0.2) is 0 Å². The SMILES string of the molecule is CC(=O)Oc1cccc2c1c(C(=O)C(N)=O)c(C)n2Cc1ccc(-c2ccccc2)cc1. The lowest BCUT2D eigenvalue weighted by Gasteiger charge is -2.10.